The van der Waals surface area contributed by atoms with Gasteiger partial charge < -0.3 is 49.4 Å². The Hall–Kier alpha value is -3.76. The third kappa shape index (κ3) is 6.69. The van der Waals surface area contributed by atoms with Crippen LogP contribution in [-0.4, -0.2) is 88.7 Å². The van der Waals surface area contributed by atoms with Crippen LogP contribution in [-0.2, 0) is 25.7 Å². The first-order valence-corrected chi connectivity index (χ1v) is 15.0. The number of halogens is 1. The summed E-state index contributed by atoms with van der Waals surface area (Å²) in [5.74, 6) is 0.0616. The fourth-order valence-corrected chi connectivity index (χ4v) is 6.09. The van der Waals surface area contributed by atoms with Gasteiger partial charge in [0.25, 0.3) is 0 Å². The highest BCUT2D eigenvalue weighted by atomic mass is 19.1. The van der Waals surface area contributed by atoms with Crippen molar-refractivity contribution in [1.29, 1.82) is 0 Å². The lowest BCUT2D eigenvalue weighted by Gasteiger charge is -2.41. The van der Waals surface area contributed by atoms with Crippen molar-refractivity contribution >= 4 is 12.0 Å². The van der Waals surface area contributed by atoms with E-state index in [1.54, 1.807) is 13.0 Å². The zero-order valence-corrected chi connectivity index (χ0v) is 25.2. The monoisotopic (exact) mass is 644 g/mol. The molecule has 8 atom stereocenters. The lowest BCUT2D eigenvalue weighted by atomic mass is 9.83. The Morgan fingerprint density at radius 2 is 1.74 bits per heavy atom. The summed E-state index contributed by atoms with van der Waals surface area (Å²) in [6.45, 7) is 3.58. The van der Waals surface area contributed by atoms with Gasteiger partial charge in [-0.3, -0.25) is 15.1 Å². The maximum absolute atomic E-state index is 15.1. The van der Waals surface area contributed by atoms with Crippen LogP contribution in [0.3, 0.4) is 0 Å². The van der Waals surface area contributed by atoms with Crippen LogP contribution in [0.5, 0.6) is 17.2 Å². The average molecular weight is 645 g/mol. The Balaban J connectivity index is 1.02. The Kier molecular flexibility index (Phi) is 9.47. The molecule has 1 amide bonds. The number of fused-ring (bicyclic) bond motifs is 2. The molecule has 14 heteroatoms. The van der Waals surface area contributed by atoms with Crippen LogP contribution < -0.4 is 25.0 Å². The predicted molar refractivity (Wildman–Crippen MR) is 157 cm³/mol. The Labute approximate surface area is 264 Å². The standard InChI is InChI=1S/C32H37FN2O11/c1-15(32(40)34-26-27(37)29(39)31-30(28(26)38)43-14-44-31)7-17-3-5-23(21(33)8-17)46-19-10-20(22(36)11-19)16(2)35-45-12-18-4-6-24-25(9-18)42-13-41-24/h3-9,19,22,26-31,35-39H,10-14H2,1-2H3,(H,34,40)/t19-,22-,26-,27+,28-,29-,30+,31-/m1/s1. The van der Waals surface area contributed by atoms with Crippen molar-refractivity contribution in [2.75, 3.05) is 13.6 Å². The first-order chi connectivity index (χ1) is 22.1. The maximum Gasteiger partial charge on any atom is 0.247 e. The van der Waals surface area contributed by atoms with Crippen molar-refractivity contribution in [2.24, 2.45) is 0 Å². The first-order valence-electron chi connectivity index (χ1n) is 15.0. The van der Waals surface area contributed by atoms with Crippen molar-refractivity contribution in [3.8, 4) is 17.2 Å². The number of nitrogens with one attached hydrogen (secondary N) is 2. The molecule has 3 fully saturated rings. The minimum Gasteiger partial charge on any atom is -0.487 e. The number of benzene rings is 2. The van der Waals surface area contributed by atoms with Crippen molar-refractivity contribution in [1.82, 2.24) is 10.8 Å². The summed E-state index contributed by atoms with van der Waals surface area (Å²) in [5, 5.41) is 44.5. The van der Waals surface area contributed by atoms with E-state index in [-0.39, 0.29) is 37.9 Å². The van der Waals surface area contributed by atoms with Crippen LogP contribution in [0.25, 0.3) is 6.08 Å². The molecule has 0 unspecified atom stereocenters. The van der Waals surface area contributed by atoms with Crippen molar-refractivity contribution in [3.05, 3.63) is 70.2 Å². The van der Waals surface area contributed by atoms with E-state index < -0.39 is 60.5 Å². The molecular weight excluding hydrogens is 607 g/mol. The molecule has 13 nitrogen and oxygen atoms in total. The Morgan fingerprint density at radius 1 is 0.978 bits per heavy atom. The van der Waals surface area contributed by atoms with Crippen molar-refractivity contribution in [3.63, 3.8) is 0 Å². The van der Waals surface area contributed by atoms with E-state index in [0.29, 0.717) is 34.8 Å². The average Bonchev–Trinajstić information content (AvgIpc) is 3.79. The second-order valence-electron chi connectivity index (χ2n) is 11.8. The van der Waals surface area contributed by atoms with Crippen LogP contribution in [0, 0.1) is 5.82 Å². The summed E-state index contributed by atoms with van der Waals surface area (Å²) in [5.41, 5.74) is 5.63. The largest absolute Gasteiger partial charge is 0.487 e. The number of hydrogen-bond donors (Lipinski definition) is 6. The van der Waals surface area contributed by atoms with Crippen LogP contribution in [0.1, 0.15) is 37.8 Å². The summed E-state index contributed by atoms with van der Waals surface area (Å²) < 4.78 is 42.2. The number of hydroxylamine groups is 1. The van der Waals surface area contributed by atoms with E-state index in [9.17, 15) is 25.2 Å². The van der Waals surface area contributed by atoms with Crippen molar-refractivity contribution in [2.45, 2.75) is 82.1 Å². The molecule has 2 aliphatic carbocycles. The van der Waals surface area contributed by atoms with E-state index >= 15 is 4.39 Å². The third-order valence-electron chi connectivity index (χ3n) is 8.61. The number of ether oxygens (including phenoxy) is 5. The van der Waals surface area contributed by atoms with Gasteiger partial charge in [0.2, 0.25) is 12.7 Å². The highest BCUT2D eigenvalue weighted by molar-refractivity contribution is 5.97. The molecule has 2 heterocycles. The zero-order chi connectivity index (χ0) is 32.5. The number of hydrogen-bond acceptors (Lipinski definition) is 12. The molecule has 0 spiro atoms. The maximum atomic E-state index is 15.1. The van der Waals surface area contributed by atoms with E-state index in [0.717, 1.165) is 5.56 Å². The van der Waals surface area contributed by atoms with Gasteiger partial charge in [-0.15, -0.1) is 0 Å². The van der Waals surface area contributed by atoms with Crippen molar-refractivity contribution < 1.29 is 58.1 Å². The number of aliphatic hydroxyl groups excluding tert-OH is 4. The molecule has 0 bridgehead atoms. The van der Waals surface area contributed by atoms with E-state index in [2.05, 4.69) is 10.8 Å². The van der Waals surface area contributed by atoms with Gasteiger partial charge in [0, 0.05) is 24.1 Å². The number of carbonyl (C=O) groups excluding carboxylic acids is 1. The van der Waals surface area contributed by atoms with Crippen LogP contribution in [0.15, 0.2) is 53.2 Å². The number of amides is 1. The summed E-state index contributed by atoms with van der Waals surface area (Å²) in [6.07, 6.45) is -5.16. The van der Waals surface area contributed by atoms with E-state index in [4.69, 9.17) is 28.5 Å². The first kappa shape index (κ1) is 32.2. The van der Waals surface area contributed by atoms with E-state index in [1.165, 1.54) is 25.1 Å². The third-order valence-corrected chi connectivity index (χ3v) is 8.61. The molecule has 0 radical (unpaired) electrons. The summed E-state index contributed by atoms with van der Waals surface area (Å²) in [4.78, 5) is 18.5. The van der Waals surface area contributed by atoms with Crippen LogP contribution in [0.2, 0.25) is 0 Å². The van der Waals surface area contributed by atoms with E-state index in [1.807, 2.05) is 18.2 Å². The van der Waals surface area contributed by atoms with Gasteiger partial charge in [-0.1, -0.05) is 12.1 Å². The predicted octanol–water partition coefficient (Wildman–Crippen LogP) is 1.18. The molecular formula is C32H37FN2O11. The molecule has 4 aliphatic rings. The summed E-state index contributed by atoms with van der Waals surface area (Å²) in [7, 11) is 0. The quantitative estimate of drug-likeness (QED) is 0.170. The molecule has 46 heavy (non-hydrogen) atoms. The van der Waals surface area contributed by atoms with Gasteiger partial charge in [0.05, 0.1) is 18.8 Å². The smallest absolute Gasteiger partial charge is 0.247 e. The second-order valence-corrected chi connectivity index (χ2v) is 11.8. The fourth-order valence-electron chi connectivity index (χ4n) is 6.09. The zero-order valence-electron chi connectivity index (χ0n) is 25.2. The van der Waals surface area contributed by atoms with Gasteiger partial charge in [-0.25, -0.2) is 4.39 Å². The highest BCUT2D eigenvalue weighted by Crippen LogP contribution is 2.34. The normalized spacial score (nSPS) is 31.4. The minimum atomic E-state index is -1.48. The lowest BCUT2D eigenvalue weighted by molar-refractivity contribution is -0.155. The molecule has 0 aromatic heterocycles. The molecule has 1 saturated heterocycles. The molecule has 2 aliphatic heterocycles. The van der Waals surface area contributed by atoms with Gasteiger partial charge in [-0.05, 0) is 60.9 Å². The summed E-state index contributed by atoms with van der Waals surface area (Å²) >= 11 is 0. The Morgan fingerprint density at radius 3 is 2.52 bits per heavy atom. The van der Waals surface area contributed by atoms with Gasteiger partial charge in [-0.2, -0.15) is 0 Å². The molecule has 248 valence electrons. The number of rotatable bonds is 9. The van der Waals surface area contributed by atoms with Gasteiger partial charge >= 0.3 is 0 Å². The number of aliphatic hydroxyl groups is 4. The minimum absolute atomic E-state index is 0.00171. The Bertz CT molecular complexity index is 1520. The number of allylic oxidation sites excluding steroid dienone is 1. The fraction of sp³-hybridized carbons (Fsp3) is 0.469. The second kappa shape index (κ2) is 13.5. The lowest BCUT2D eigenvalue weighted by Crippen LogP contribution is -2.67. The highest BCUT2D eigenvalue weighted by Gasteiger charge is 2.53. The number of carbonyl (C=O) groups is 1. The topological polar surface area (TPSA) is 177 Å². The van der Waals surface area contributed by atoms with Gasteiger partial charge in [0.1, 0.15) is 43.4 Å². The molecule has 2 aromatic rings. The molecule has 6 N–H and O–H groups in total. The molecule has 2 saturated carbocycles. The molecule has 2 aromatic carbocycles. The van der Waals surface area contributed by atoms with Gasteiger partial charge in [0.15, 0.2) is 23.1 Å². The van der Waals surface area contributed by atoms with Crippen LogP contribution in [0.4, 0.5) is 4.39 Å². The molecule has 6 rings (SSSR count). The van der Waals surface area contributed by atoms with Crippen LogP contribution >= 0.6 is 0 Å². The summed E-state index contributed by atoms with van der Waals surface area (Å²) in [6, 6.07) is 8.55. The SMILES string of the molecule is CC(=Cc1ccc(O[C@@H]2CC(=C(C)NOCc3ccc4c(c3)OCO4)[C@H](O)C2)c(F)c1)C(=O)N[C@@H]1[C@H](O)[C@@H](O)[C@H]2OCO[C@H]2[C@@H]1O.